The SMILES string of the molecule is CN(C)C(=O)NOc1ccc(Cl)cc1. The fourth-order valence-corrected chi connectivity index (χ4v) is 0.822. The summed E-state index contributed by atoms with van der Waals surface area (Å²) in [5.74, 6) is 0.532. The molecule has 0 saturated carbocycles. The standard InChI is InChI=1S/C9H11ClN2O2/c1-12(2)9(13)11-14-8-5-3-7(10)4-6-8/h3-6H,1-2H3,(H,11,13). The number of carbonyl (C=O) groups is 1. The number of nitrogens with zero attached hydrogens (tertiary/aromatic N) is 1. The van der Waals surface area contributed by atoms with Crippen LogP contribution in [0.1, 0.15) is 0 Å². The van der Waals surface area contributed by atoms with E-state index in [0.717, 1.165) is 0 Å². The van der Waals surface area contributed by atoms with Gasteiger partial charge in [0.1, 0.15) is 0 Å². The van der Waals surface area contributed by atoms with Gasteiger partial charge < -0.3 is 9.74 Å². The molecule has 1 aromatic rings. The number of rotatable bonds is 2. The molecule has 2 amide bonds. The Labute approximate surface area is 87.4 Å². The number of amides is 2. The Morgan fingerprint density at radius 1 is 1.36 bits per heavy atom. The van der Waals surface area contributed by atoms with E-state index < -0.39 is 0 Å². The first kappa shape index (κ1) is 10.7. The summed E-state index contributed by atoms with van der Waals surface area (Å²) in [4.78, 5) is 17.4. The van der Waals surface area contributed by atoms with Crippen LogP contribution in [0.4, 0.5) is 4.79 Å². The van der Waals surface area contributed by atoms with Crippen molar-refractivity contribution in [1.82, 2.24) is 10.4 Å². The average Bonchev–Trinajstić information content (AvgIpc) is 2.16. The lowest BCUT2D eigenvalue weighted by Gasteiger charge is -2.12. The van der Waals surface area contributed by atoms with Crippen LogP contribution in [0, 0.1) is 0 Å². The van der Waals surface area contributed by atoms with Gasteiger partial charge in [0.25, 0.3) is 0 Å². The Bertz CT molecular complexity index is 311. The maximum absolute atomic E-state index is 11.0. The van der Waals surface area contributed by atoms with E-state index >= 15 is 0 Å². The van der Waals surface area contributed by atoms with Crippen molar-refractivity contribution in [2.24, 2.45) is 0 Å². The molecular formula is C9H11ClN2O2. The third-order valence-electron chi connectivity index (χ3n) is 1.48. The second kappa shape index (κ2) is 4.72. The van der Waals surface area contributed by atoms with Crippen LogP contribution < -0.4 is 10.3 Å². The maximum Gasteiger partial charge on any atom is 0.349 e. The predicted molar refractivity (Wildman–Crippen MR) is 54.3 cm³/mol. The summed E-state index contributed by atoms with van der Waals surface area (Å²) in [5.41, 5.74) is 2.26. The molecule has 0 unspecified atom stereocenters. The molecule has 76 valence electrons. The van der Waals surface area contributed by atoms with Gasteiger partial charge in [-0.15, -0.1) is 0 Å². The van der Waals surface area contributed by atoms with Gasteiger partial charge in [-0.25, -0.2) is 4.79 Å². The van der Waals surface area contributed by atoms with Crippen LogP contribution >= 0.6 is 11.6 Å². The first-order valence-corrected chi connectivity index (χ1v) is 4.37. The summed E-state index contributed by atoms with van der Waals surface area (Å²) in [6.45, 7) is 0. The van der Waals surface area contributed by atoms with Crippen molar-refractivity contribution in [2.45, 2.75) is 0 Å². The number of hydrogen-bond acceptors (Lipinski definition) is 2. The fraction of sp³-hybridized carbons (Fsp3) is 0.222. The zero-order valence-electron chi connectivity index (χ0n) is 7.95. The van der Waals surface area contributed by atoms with Gasteiger partial charge >= 0.3 is 6.03 Å². The van der Waals surface area contributed by atoms with Crippen molar-refractivity contribution in [2.75, 3.05) is 14.1 Å². The van der Waals surface area contributed by atoms with Crippen LogP contribution in [0.25, 0.3) is 0 Å². The van der Waals surface area contributed by atoms with Gasteiger partial charge in [-0.3, -0.25) is 0 Å². The summed E-state index contributed by atoms with van der Waals surface area (Å²) in [6, 6.07) is 6.37. The van der Waals surface area contributed by atoms with Gasteiger partial charge in [0.2, 0.25) is 0 Å². The van der Waals surface area contributed by atoms with Crippen molar-refractivity contribution >= 4 is 17.6 Å². The van der Waals surface area contributed by atoms with E-state index in [4.69, 9.17) is 16.4 Å². The van der Waals surface area contributed by atoms with Crippen LogP contribution in [0.5, 0.6) is 5.75 Å². The highest BCUT2D eigenvalue weighted by Crippen LogP contribution is 2.14. The molecule has 0 aliphatic heterocycles. The molecule has 0 aliphatic rings. The summed E-state index contributed by atoms with van der Waals surface area (Å²) in [6.07, 6.45) is 0. The summed E-state index contributed by atoms with van der Waals surface area (Å²) >= 11 is 5.67. The molecule has 1 aromatic carbocycles. The Kier molecular flexibility index (Phi) is 3.59. The number of nitrogens with one attached hydrogen (secondary N) is 1. The van der Waals surface area contributed by atoms with E-state index in [1.165, 1.54) is 4.90 Å². The van der Waals surface area contributed by atoms with E-state index in [9.17, 15) is 4.79 Å². The molecule has 0 aromatic heterocycles. The Morgan fingerprint density at radius 2 is 1.93 bits per heavy atom. The molecule has 4 nitrogen and oxygen atoms in total. The van der Waals surface area contributed by atoms with Crippen LogP contribution in [0.3, 0.4) is 0 Å². The Hall–Kier alpha value is -1.42. The van der Waals surface area contributed by atoms with E-state index in [0.29, 0.717) is 10.8 Å². The zero-order valence-corrected chi connectivity index (χ0v) is 8.71. The summed E-state index contributed by atoms with van der Waals surface area (Å²) < 4.78 is 0. The average molecular weight is 215 g/mol. The van der Waals surface area contributed by atoms with E-state index in [2.05, 4.69) is 5.48 Å². The molecule has 14 heavy (non-hydrogen) atoms. The third-order valence-corrected chi connectivity index (χ3v) is 1.73. The third kappa shape index (κ3) is 3.14. The highest BCUT2D eigenvalue weighted by atomic mass is 35.5. The number of halogens is 1. The van der Waals surface area contributed by atoms with Gasteiger partial charge in [-0.1, -0.05) is 11.6 Å². The van der Waals surface area contributed by atoms with Crippen LogP contribution in [0.2, 0.25) is 5.02 Å². The molecule has 0 atom stereocenters. The van der Waals surface area contributed by atoms with Gasteiger partial charge in [-0.05, 0) is 24.3 Å². The largest absolute Gasteiger partial charge is 0.378 e. The van der Waals surface area contributed by atoms with E-state index in [1.54, 1.807) is 38.4 Å². The van der Waals surface area contributed by atoms with Crippen molar-refractivity contribution in [3.63, 3.8) is 0 Å². The minimum atomic E-state index is -0.319. The minimum absolute atomic E-state index is 0.319. The minimum Gasteiger partial charge on any atom is -0.378 e. The molecule has 0 fully saturated rings. The quantitative estimate of drug-likeness (QED) is 0.765. The van der Waals surface area contributed by atoms with Gasteiger partial charge in [0.05, 0.1) is 0 Å². The number of benzene rings is 1. The van der Waals surface area contributed by atoms with Crippen molar-refractivity contribution in [1.29, 1.82) is 0 Å². The molecule has 0 heterocycles. The Balaban J connectivity index is 2.46. The smallest absolute Gasteiger partial charge is 0.349 e. The molecule has 1 rings (SSSR count). The molecule has 0 saturated heterocycles. The molecule has 0 spiro atoms. The first-order chi connectivity index (χ1) is 6.59. The first-order valence-electron chi connectivity index (χ1n) is 3.99. The second-order valence-corrected chi connectivity index (χ2v) is 3.29. The summed E-state index contributed by atoms with van der Waals surface area (Å²) in [5, 5.41) is 0.622. The molecular weight excluding hydrogens is 204 g/mol. The second-order valence-electron chi connectivity index (χ2n) is 2.86. The number of hydrogen-bond donors (Lipinski definition) is 1. The topological polar surface area (TPSA) is 41.6 Å². The number of hydroxylamine groups is 1. The monoisotopic (exact) mass is 214 g/mol. The van der Waals surface area contributed by atoms with Crippen molar-refractivity contribution < 1.29 is 9.63 Å². The maximum atomic E-state index is 11.0. The number of carbonyl (C=O) groups excluding carboxylic acids is 1. The van der Waals surface area contributed by atoms with Crippen molar-refractivity contribution in [3.8, 4) is 5.75 Å². The number of urea groups is 1. The van der Waals surface area contributed by atoms with E-state index in [-0.39, 0.29) is 6.03 Å². The molecule has 0 radical (unpaired) electrons. The van der Waals surface area contributed by atoms with Crippen LogP contribution in [0.15, 0.2) is 24.3 Å². The van der Waals surface area contributed by atoms with Gasteiger partial charge in [-0.2, -0.15) is 5.48 Å². The van der Waals surface area contributed by atoms with Gasteiger partial charge in [0.15, 0.2) is 5.75 Å². The fourth-order valence-electron chi connectivity index (χ4n) is 0.697. The highest BCUT2D eigenvalue weighted by molar-refractivity contribution is 6.30. The zero-order chi connectivity index (χ0) is 10.6. The van der Waals surface area contributed by atoms with Crippen LogP contribution in [-0.4, -0.2) is 25.0 Å². The summed E-state index contributed by atoms with van der Waals surface area (Å²) in [7, 11) is 3.25. The van der Waals surface area contributed by atoms with Gasteiger partial charge in [0, 0.05) is 19.1 Å². The van der Waals surface area contributed by atoms with Crippen molar-refractivity contribution in [3.05, 3.63) is 29.3 Å². The normalized spacial score (nSPS) is 9.36. The molecule has 0 bridgehead atoms. The lowest BCUT2D eigenvalue weighted by Crippen LogP contribution is -2.36. The van der Waals surface area contributed by atoms with Crippen LogP contribution in [-0.2, 0) is 0 Å². The molecule has 5 heteroatoms. The lowest BCUT2D eigenvalue weighted by molar-refractivity contribution is 0.157. The highest BCUT2D eigenvalue weighted by Gasteiger charge is 2.02. The lowest BCUT2D eigenvalue weighted by atomic mass is 10.3. The predicted octanol–water partition coefficient (Wildman–Crippen LogP) is 1.91. The molecule has 0 aliphatic carbocycles. The Morgan fingerprint density at radius 3 is 2.43 bits per heavy atom. The molecule has 1 N–H and O–H groups in total. The van der Waals surface area contributed by atoms with E-state index in [1.807, 2.05) is 0 Å².